The van der Waals surface area contributed by atoms with Crippen LogP contribution in [0.25, 0.3) is 0 Å². The predicted octanol–water partition coefficient (Wildman–Crippen LogP) is 3.86. The van der Waals surface area contributed by atoms with E-state index in [9.17, 15) is 4.79 Å². The number of nitrogens with one attached hydrogen (secondary N) is 1. The highest BCUT2D eigenvalue weighted by Crippen LogP contribution is 2.12. The summed E-state index contributed by atoms with van der Waals surface area (Å²) in [5, 5.41) is 4.59. The van der Waals surface area contributed by atoms with Crippen LogP contribution in [0, 0.1) is 0 Å². The molecule has 0 saturated carbocycles. The zero-order chi connectivity index (χ0) is 14.4. The van der Waals surface area contributed by atoms with Gasteiger partial charge in [-0.05, 0) is 29.8 Å². The number of nitrogens with zero attached hydrogens (tertiary/aromatic N) is 1. The molecule has 102 valence electrons. The van der Waals surface area contributed by atoms with E-state index in [-0.39, 0.29) is 11.8 Å². The Hall–Kier alpha value is -2.13. The van der Waals surface area contributed by atoms with Gasteiger partial charge in [0.05, 0.1) is 0 Å². The zero-order valence-electron chi connectivity index (χ0n) is 11.1. The third-order valence-electron chi connectivity index (χ3n) is 2.90. The van der Waals surface area contributed by atoms with E-state index in [2.05, 4.69) is 10.5 Å². The summed E-state index contributed by atoms with van der Waals surface area (Å²) in [6.07, 6.45) is 1.71. The molecule has 0 spiro atoms. The maximum Gasteiger partial charge on any atom is 0.271 e. The van der Waals surface area contributed by atoms with E-state index in [4.69, 9.17) is 11.6 Å². The first-order valence-electron chi connectivity index (χ1n) is 6.31. The van der Waals surface area contributed by atoms with Crippen molar-refractivity contribution in [3.8, 4) is 0 Å². The van der Waals surface area contributed by atoms with Crippen LogP contribution < -0.4 is 5.43 Å². The van der Waals surface area contributed by atoms with E-state index < -0.39 is 0 Å². The van der Waals surface area contributed by atoms with Crippen molar-refractivity contribution in [1.82, 2.24) is 5.43 Å². The van der Waals surface area contributed by atoms with Gasteiger partial charge in [-0.1, -0.05) is 48.9 Å². The number of halogens is 1. The summed E-state index contributed by atoms with van der Waals surface area (Å²) in [5.41, 5.74) is 4.18. The summed E-state index contributed by atoms with van der Waals surface area (Å²) in [6.45, 7) is 2.02. The van der Waals surface area contributed by atoms with Crippen molar-refractivity contribution < 1.29 is 4.79 Å². The van der Waals surface area contributed by atoms with Crippen molar-refractivity contribution in [3.05, 3.63) is 70.7 Å². The maximum atomic E-state index is 11.8. The molecule has 2 rings (SSSR count). The molecule has 0 aromatic heterocycles. The highest BCUT2D eigenvalue weighted by Gasteiger charge is 2.04. The van der Waals surface area contributed by atoms with E-state index in [1.54, 1.807) is 30.5 Å². The first kappa shape index (κ1) is 14.3. The van der Waals surface area contributed by atoms with Gasteiger partial charge in [0.1, 0.15) is 0 Å². The first-order chi connectivity index (χ1) is 9.66. The topological polar surface area (TPSA) is 41.5 Å². The van der Waals surface area contributed by atoms with Crippen molar-refractivity contribution in [2.75, 3.05) is 0 Å². The second-order valence-electron chi connectivity index (χ2n) is 4.43. The Morgan fingerprint density at radius 1 is 1.15 bits per heavy atom. The van der Waals surface area contributed by atoms with Gasteiger partial charge < -0.3 is 0 Å². The molecule has 4 heteroatoms. The fourth-order valence-electron chi connectivity index (χ4n) is 1.72. The third-order valence-corrected chi connectivity index (χ3v) is 3.15. The van der Waals surface area contributed by atoms with Crippen LogP contribution >= 0.6 is 11.6 Å². The summed E-state index contributed by atoms with van der Waals surface area (Å²) in [6, 6.07) is 16.6. The lowest BCUT2D eigenvalue weighted by molar-refractivity contribution is 0.0955. The average Bonchev–Trinajstić information content (AvgIpc) is 2.48. The maximum absolute atomic E-state index is 11.8. The second kappa shape index (κ2) is 6.87. The minimum Gasteiger partial charge on any atom is -0.267 e. The number of hydrogen-bond donors (Lipinski definition) is 1. The van der Waals surface area contributed by atoms with Gasteiger partial charge >= 0.3 is 0 Å². The number of carbonyl (C=O) groups is 1. The lowest BCUT2D eigenvalue weighted by atomic mass is 10.0. The fraction of sp³-hybridized carbons (Fsp3) is 0.125. The summed E-state index contributed by atoms with van der Waals surface area (Å²) in [7, 11) is 0. The van der Waals surface area contributed by atoms with E-state index in [0.29, 0.717) is 10.6 Å². The van der Waals surface area contributed by atoms with Crippen molar-refractivity contribution in [3.63, 3.8) is 0 Å². The minimum atomic E-state index is -0.252. The van der Waals surface area contributed by atoms with Gasteiger partial charge in [-0.3, -0.25) is 4.79 Å². The SMILES string of the molecule is CC(/C=N/NC(=O)c1ccc(Cl)cc1)c1ccccc1. The van der Waals surface area contributed by atoms with Gasteiger partial charge in [0.2, 0.25) is 0 Å². The number of carbonyl (C=O) groups excluding carboxylic acids is 1. The van der Waals surface area contributed by atoms with E-state index >= 15 is 0 Å². The molecular weight excluding hydrogens is 272 g/mol. The molecule has 1 amide bonds. The van der Waals surface area contributed by atoms with Crippen LogP contribution in [0.5, 0.6) is 0 Å². The summed E-state index contributed by atoms with van der Waals surface area (Å²) in [5.74, 6) is -0.111. The van der Waals surface area contributed by atoms with Crippen LogP contribution in [0.3, 0.4) is 0 Å². The molecule has 1 N–H and O–H groups in total. The van der Waals surface area contributed by atoms with Crippen LogP contribution in [-0.4, -0.2) is 12.1 Å². The van der Waals surface area contributed by atoms with E-state index in [0.717, 1.165) is 5.56 Å². The normalized spacial score (nSPS) is 12.3. The van der Waals surface area contributed by atoms with Crippen LogP contribution in [0.15, 0.2) is 59.7 Å². The predicted molar refractivity (Wildman–Crippen MR) is 82.3 cm³/mol. The summed E-state index contributed by atoms with van der Waals surface area (Å²) >= 11 is 5.77. The highest BCUT2D eigenvalue weighted by atomic mass is 35.5. The Labute approximate surface area is 123 Å². The van der Waals surface area contributed by atoms with E-state index in [1.165, 1.54) is 0 Å². The Balaban J connectivity index is 1.93. The lowest BCUT2D eigenvalue weighted by Crippen LogP contribution is -2.17. The number of amides is 1. The van der Waals surface area contributed by atoms with Crippen LogP contribution in [-0.2, 0) is 0 Å². The first-order valence-corrected chi connectivity index (χ1v) is 6.68. The van der Waals surface area contributed by atoms with Crippen LogP contribution in [0.2, 0.25) is 5.02 Å². The number of hydrazone groups is 1. The molecule has 20 heavy (non-hydrogen) atoms. The second-order valence-corrected chi connectivity index (χ2v) is 4.86. The summed E-state index contributed by atoms with van der Waals surface area (Å²) in [4.78, 5) is 11.8. The smallest absolute Gasteiger partial charge is 0.267 e. The highest BCUT2D eigenvalue weighted by molar-refractivity contribution is 6.30. The molecule has 2 aromatic rings. The molecule has 0 fully saturated rings. The molecule has 0 aliphatic heterocycles. The molecule has 0 aliphatic carbocycles. The average molecular weight is 287 g/mol. The van der Waals surface area contributed by atoms with Gasteiger partial charge in [-0.25, -0.2) is 5.43 Å². The standard InChI is InChI=1S/C16H15ClN2O/c1-12(13-5-3-2-4-6-13)11-18-19-16(20)14-7-9-15(17)10-8-14/h2-12H,1H3,(H,19,20)/b18-11+. The van der Waals surface area contributed by atoms with Gasteiger partial charge in [-0.2, -0.15) is 5.10 Å². The van der Waals surface area contributed by atoms with Gasteiger partial charge in [0.25, 0.3) is 5.91 Å². The van der Waals surface area contributed by atoms with Crippen molar-refractivity contribution in [2.45, 2.75) is 12.8 Å². The molecule has 1 atom stereocenters. The fourth-order valence-corrected chi connectivity index (χ4v) is 1.84. The number of benzene rings is 2. The van der Waals surface area contributed by atoms with Gasteiger partial charge in [0.15, 0.2) is 0 Å². The molecule has 0 heterocycles. The summed E-state index contributed by atoms with van der Waals surface area (Å²) < 4.78 is 0. The number of hydrogen-bond acceptors (Lipinski definition) is 2. The van der Waals surface area contributed by atoms with Crippen molar-refractivity contribution in [1.29, 1.82) is 0 Å². The minimum absolute atomic E-state index is 0.140. The lowest BCUT2D eigenvalue weighted by Gasteiger charge is -2.05. The largest absolute Gasteiger partial charge is 0.271 e. The third kappa shape index (κ3) is 3.93. The Kier molecular flexibility index (Phi) is 4.91. The Morgan fingerprint density at radius 2 is 1.80 bits per heavy atom. The number of rotatable bonds is 4. The quantitative estimate of drug-likeness (QED) is 0.673. The molecule has 0 bridgehead atoms. The molecule has 2 aromatic carbocycles. The molecule has 3 nitrogen and oxygen atoms in total. The zero-order valence-corrected chi connectivity index (χ0v) is 11.8. The van der Waals surface area contributed by atoms with Crippen LogP contribution in [0.1, 0.15) is 28.8 Å². The van der Waals surface area contributed by atoms with Crippen molar-refractivity contribution in [2.24, 2.45) is 5.10 Å². The monoisotopic (exact) mass is 286 g/mol. The molecule has 1 unspecified atom stereocenters. The van der Waals surface area contributed by atoms with E-state index in [1.807, 2.05) is 37.3 Å². The molecule has 0 aliphatic rings. The van der Waals surface area contributed by atoms with Gasteiger partial charge in [-0.15, -0.1) is 0 Å². The molecular formula is C16H15ClN2O. The van der Waals surface area contributed by atoms with Crippen molar-refractivity contribution >= 4 is 23.7 Å². The Bertz CT molecular complexity index is 594. The van der Waals surface area contributed by atoms with Crippen LogP contribution in [0.4, 0.5) is 0 Å². The molecule has 0 saturated heterocycles. The van der Waals surface area contributed by atoms with Gasteiger partial charge in [0, 0.05) is 22.7 Å². The Morgan fingerprint density at radius 3 is 2.45 bits per heavy atom. The molecule has 0 radical (unpaired) electrons.